The molecule has 2 heteroatoms. The molecule has 0 amide bonds. The summed E-state index contributed by atoms with van der Waals surface area (Å²) in [7, 11) is 2.24. The summed E-state index contributed by atoms with van der Waals surface area (Å²) in [6.07, 6.45) is 2.69. The van der Waals surface area contributed by atoms with Crippen molar-refractivity contribution in [1.29, 1.82) is 0 Å². The maximum Gasteiger partial charge on any atom is 0.0233 e. The molecule has 94 valence electrons. The third-order valence-electron chi connectivity index (χ3n) is 3.69. The van der Waals surface area contributed by atoms with Crippen molar-refractivity contribution in [1.82, 2.24) is 4.90 Å². The first-order valence-corrected chi connectivity index (χ1v) is 7.35. The van der Waals surface area contributed by atoms with Crippen LogP contribution in [-0.4, -0.2) is 23.3 Å². The normalized spacial score (nSPS) is 23.8. The van der Waals surface area contributed by atoms with E-state index in [2.05, 4.69) is 59.9 Å². The molecule has 1 aliphatic rings. The van der Waals surface area contributed by atoms with Gasteiger partial charge in [0, 0.05) is 17.9 Å². The lowest BCUT2D eigenvalue weighted by Crippen LogP contribution is -2.34. The molecule has 1 aliphatic carbocycles. The minimum Gasteiger partial charge on any atom is -0.302 e. The Kier molecular flexibility index (Phi) is 4.26. The average Bonchev–Trinajstić information content (AvgIpc) is 2.21. The van der Waals surface area contributed by atoms with Crippen molar-refractivity contribution >= 4 is 15.9 Å². The topological polar surface area (TPSA) is 3.24 Å². The monoisotopic (exact) mass is 295 g/mol. The summed E-state index contributed by atoms with van der Waals surface area (Å²) in [5, 5.41) is 0. The van der Waals surface area contributed by atoms with Gasteiger partial charge in [0.15, 0.2) is 0 Å². The molecule has 0 radical (unpaired) electrons. The van der Waals surface area contributed by atoms with Gasteiger partial charge in [-0.05, 0) is 50.8 Å². The number of aryl methyl sites for hydroxylation is 2. The Balaban J connectivity index is 1.89. The molecule has 0 spiro atoms. The van der Waals surface area contributed by atoms with Gasteiger partial charge in [-0.2, -0.15) is 0 Å². The van der Waals surface area contributed by atoms with Gasteiger partial charge in [0.05, 0.1) is 0 Å². The predicted molar refractivity (Wildman–Crippen MR) is 77.7 cm³/mol. The summed E-state index contributed by atoms with van der Waals surface area (Å²) in [6, 6.07) is 6.75. The van der Waals surface area contributed by atoms with E-state index in [1.807, 2.05) is 0 Å². The molecule has 0 N–H and O–H groups in total. The van der Waals surface area contributed by atoms with E-state index in [9.17, 15) is 0 Å². The number of hydrogen-bond donors (Lipinski definition) is 0. The van der Waals surface area contributed by atoms with Gasteiger partial charge in [-0.3, -0.25) is 0 Å². The molecule has 1 aromatic carbocycles. The molecule has 0 atom stereocenters. The van der Waals surface area contributed by atoms with E-state index in [-0.39, 0.29) is 0 Å². The van der Waals surface area contributed by atoms with Crippen LogP contribution in [0.3, 0.4) is 0 Å². The van der Waals surface area contributed by atoms with Crippen LogP contribution in [0, 0.1) is 19.8 Å². The molecule has 1 nitrogen and oxygen atoms in total. The molecule has 0 heterocycles. The Bertz CT molecular complexity index is 383. The van der Waals surface area contributed by atoms with Crippen molar-refractivity contribution in [3.05, 3.63) is 34.9 Å². The van der Waals surface area contributed by atoms with Crippen LogP contribution in [0.1, 0.15) is 29.5 Å². The maximum absolute atomic E-state index is 3.66. The molecule has 0 unspecified atom stereocenters. The first-order valence-electron chi connectivity index (χ1n) is 6.43. The molecule has 1 aromatic rings. The highest BCUT2D eigenvalue weighted by molar-refractivity contribution is 9.09. The second-order valence-corrected chi connectivity index (χ2v) is 6.86. The predicted octanol–water partition coefficient (Wildman–Crippen LogP) is 3.91. The molecule has 0 saturated heterocycles. The smallest absolute Gasteiger partial charge is 0.0233 e. The first-order chi connectivity index (χ1) is 8.04. The van der Waals surface area contributed by atoms with E-state index in [4.69, 9.17) is 0 Å². The van der Waals surface area contributed by atoms with E-state index in [1.165, 1.54) is 36.1 Å². The van der Waals surface area contributed by atoms with Crippen molar-refractivity contribution in [3.63, 3.8) is 0 Å². The Labute approximate surface area is 113 Å². The van der Waals surface area contributed by atoms with Gasteiger partial charge >= 0.3 is 0 Å². The quantitative estimate of drug-likeness (QED) is 0.761. The van der Waals surface area contributed by atoms with Crippen LogP contribution in [-0.2, 0) is 6.54 Å². The third-order valence-corrected chi connectivity index (χ3v) is 4.44. The van der Waals surface area contributed by atoms with Crippen molar-refractivity contribution in [2.45, 2.75) is 38.1 Å². The van der Waals surface area contributed by atoms with Crippen LogP contribution in [0.2, 0.25) is 0 Å². The minimum atomic E-state index is 0.779. The van der Waals surface area contributed by atoms with E-state index in [0.717, 1.165) is 17.3 Å². The zero-order valence-corrected chi connectivity index (χ0v) is 12.6. The van der Waals surface area contributed by atoms with Gasteiger partial charge in [0.2, 0.25) is 0 Å². The highest BCUT2D eigenvalue weighted by Crippen LogP contribution is 2.33. The Hall–Kier alpha value is -0.340. The highest BCUT2D eigenvalue weighted by Gasteiger charge is 2.27. The largest absolute Gasteiger partial charge is 0.302 e. The number of nitrogens with zero attached hydrogens (tertiary/aromatic N) is 1. The fourth-order valence-corrected chi connectivity index (χ4v) is 3.63. The lowest BCUT2D eigenvalue weighted by atomic mass is 9.85. The van der Waals surface area contributed by atoms with E-state index in [0.29, 0.717) is 0 Å². The zero-order chi connectivity index (χ0) is 12.4. The number of benzene rings is 1. The Morgan fingerprint density at radius 3 is 2.65 bits per heavy atom. The lowest BCUT2D eigenvalue weighted by Gasteiger charge is -2.34. The number of halogens is 1. The Morgan fingerprint density at radius 1 is 1.29 bits per heavy atom. The standard InChI is InChI=1S/C15H22BrN/c1-11-4-5-12(2)14(6-11)10-17(3)9-13-7-15(16)8-13/h4-6,13,15H,7-10H2,1-3H3. The van der Waals surface area contributed by atoms with Gasteiger partial charge in [-0.15, -0.1) is 0 Å². The number of hydrogen-bond acceptors (Lipinski definition) is 1. The van der Waals surface area contributed by atoms with Gasteiger partial charge in [0.25, 0.3) is 0 Å². The average molecular weight is 296 g/mol. The van der Waals surface area contributed by atoms with Gasteiger partial charge in [0.1, 0.15) is 0 Å². The van der Waals surface area contributed by atoms with Crippen molar-refractivity contribution in [3.8, 4) is 0 Å². The van der Waals surface area contributed by atoms with E-state index in [1.54, 1.807) is 0 Å². The van der Waals surface area contributed by atoms with Gasteiger partial charge in [-0.25, -0.2) is 0 Å². The van der Waals surface area contributed by atoms with Crippen molar-refractivity contribution in [2.75, 3.05) is 13.6 Å². The van der Waals surface area contributed by atoms with Crippen molar-refractivity contribution in [2.24, 2.45) is 5.92 Å². The summed E-state index contributed by atoms with van der Waals surface area (Å²) in [4.78, 5) is 3.24. The summed E-state index contributed by atoms with van der Waals surface area (Å²) in [6.45, 7) is 6.69. The summed E-state index contributed by atoms with van der Waals surface area (Å²) >= 11 is 3.66. The molecule has 1 saturated carbocycles. The SMILES string of the molecule is Cc1ccc(C)c(CN(C)CC2CC(Br)C2)c1. The number of rotatable bonds is 4. The molecular formula is C15H22BrN. The van der Waals surface area contributed by atoms with E-state index < -0.39 is 0 Å². The molecule has 0 aromatic heterocycles. The van der Waals surface area contributed by atoms with Crippen LogP contribution in [0.15, 0.2) is 18.2 Å². The molecular weight excluding hydrogens is 274 g/mol. The Morgan fingerprint density at radius 2 is 2.00 bits per heavy atom. The minimum absolute atomic E-state index is 0.779. The van der Waals surface area contributed by atoms with Crippen LogP contribution in [0.25, 0.3) is 0 Å². The van der Waals surface area contributed by atoms with Gasteiger partial charge < -0.3 is 4.90 Å². The van der Waals surface area contributed by atoms with Crippen LogP contribution >= 0.6 is 15.9 Å². The number of alkyl halides is 1. The zero-order valence-electron chi connectivity index (χ0n) is 11.0. The summed E-state index contributed by atoms with van der Waals surface area (Å²) in [5.41, 5.74) is 4.25. The van der Waals surface area contributed by atoms with Crippen LogP contribution in [0.4, 0.5) is 0 Å². The third kappa shape index (κ3) is 3.56. The molecule has 0 bridgehead atoms. The van der Waals surface area contributed by atoms with Crippen LogP contribution in [0.5, 0.6) is 0 Å². The van der Waals surface area contributed by atoms with Crippen molar-refractivity contribution < 1.29 is 0 Å². The summed E-state index contributed by atoms with van der Waals surface area (Å²) in [5.74, 6) is 0.898. The molecule has 0 aliphatic heterocycles. The maximum atomic E-state index is 3.66. The molecule has 1 fully saturated rings. The second-order valence-electron chi connectivity index (χ2n) is 5.56. The fraction of sp³-hybridized carbons (Fsp3) is 0.600. The lowest BCUT2D eigenvalue weighted by molar-refractivity contribution is 0.208. The van der Waals surface area contributed by atoms with Gasteiger partial charge in [-0.1, -0.05) is 39.7 Å². The molecule has 2 rings (SSSR count). The summed E-state index contributed by atoms with van der Waals surface area (Å²) < 4.78 is 0. The fourth-order valence-electron chi connectivity index (χ4n) is 2.57. The first kappa shape index (κ1) is 13.1. The van der Waals surface area contributed by atoms with Crippen LogP contribution < -0.4 is 0 Å². The molecule has 17 heavy (non-hydrogen) atoms. The van der Waals surface area contributed by atoms with E-state index >= 15 is 0 Å². The highest BCUT2D eigenvalue weighted by atomic mass is 79.9. The second kappa shape index (κ2) is 5.53.